The van der Waals surface area contributed by atoms with Gasteiger partial charge in [0.1, 0.15) is 18.9 Å². The van der Waals surface area contributed by atoms with Crippen molar-refractivity contribution in [3.05, 3.63) is 25.1 Å². The third kappa shape index (κ3) is 1.67. The van der Waals surface area contributed by atoms with Crippen LogP contribution < -0.4 is 9.88 Å². The van der Waals surface area contributed by atoms with Crippen LogP contribution >= 0.6 is 0 Å². The van der Waals surface area contributed by atoms with Crippen molar-refractivity contribution < 1.29 is 4.57 Å². The van der Waals surface area contributed by atoms with Gasteiger partial charge in [-0.15, -0.1) is 0 Å². The number of rotatable bonds is 2. The van der Waals surface area contributed by atoms with E-state index in [0.717, 1.165) is 13.1 Å². The molecule has 1 radical (unpaired) electrons. The van der Waals surface area contributed by atoms with Crippen molar-refractivity contribution >= 4 is 0 Å². The zero-order valence-corrected chi connectivity index (χ0v) is 7.40. The summed E-state index contributed by atoms with van der Waals surface area (Å²) >= 11 is 0. The fourth-order valence-corrected chi connectivity index (χ4v) is 1.62. The van der Waals surface area contributed by atoms with Gasteiger partial charge in [-0.3, -0.25) is 0 Å². The van der Waals surface area contributed by atoms with E-state index in [1.165, 1.54) is 6.42 Å². The van der Waals surface area contributed by atoms with Crippen molar-refractivity contribution in [2.24, 2.45) is 7.05 Å². The number of nitrogens with zero attached hydrogens (tertiary/aromatic N) is 2. The van der Waals surface area contributed by atoms with Gasteiger partial charge < -0.3 is 5.32 Å². The molecule has 1 atom stereocenters. The zero-order valence-electron chi connectivity index (χ0n) is 7.40. The van der Waals surface area contributed by atoms with Gasteiger partial charge in [0.05, 0.1) is 7.05 Å². The summed E-state index contributed by atoms with van der Waals surface area (Å²) in [7, 11) is 2.05. The van der Waals surface area contributed by atoms with Gasteiger partial charge in [-0.1, -0.05) is 0 Å². The minimum Gasteiger partial charge on any atom is -0.310 e. The lowest BCUT2D eigenvalue weighted by molar-refractivity contribution is -0.671. The molecule has 1 unspecified atom stereocenters. The number of hydrogen-bond donors (Lipinski definition) is 1. The van der Waals surface area contributed by atoms with Crippen LogP contribution in [0.25, 0.3) is 0 Å². The highest BCUT2D eigenvalue weighted by atomic mass is 15.1. The fraction of sp³-hybridized carbons (Fsp3) is 0.556. The molecular formula is C9H15N3+. The average molecular weight is 165 g/mol. The Labute approximate surface area is 73.0 Å². The van der Waals surface area contributed by atoms with E-state index < -0.39 is 0 Å². The van der Waals surface area contributed by atoms with E-state index >= 15 is 0 Å². The predicted molar refractivity (Wildman–Crippen MR) is 46.3 cm³/mol. The van der Waals surface area contributed by atoms with Gasteiger partial charge in [-0.25, -0.2) is 9.13 Å². The lowest BCUT2D eigenvalue weighted by Crippen LogP contribution is -2.28. The van der Waals surface area contributed by atoms with Crippen molar-refractivity contribution in [1.29, 1.82) is 0 Å². The van der Waals surface area contributed by atoms with Crippen LogP contribution in [0.4, 0.5) is 0 Å². The Hall–Kier alpha value is -0.830. The van der Waals surface area contributed by atoms with E-state index in [1.807, 2.05) is 7.05 Å². The monoisotopic (exact) mass is 165 g/mol. The molecule has 2 heterocycles. The topological polar surface area (TPSA) is 20.8 Å². The van der Waals surface area contributed by atoms with Crippen LogP contribution in [0, 0.1) is 6.42 Å². The molecule has 0 amide bonds. The molecule has 1 aliphatic heterocycles. The normalized spacial score (nSPS) is 23.2. The molecule has 2 rings (SSSR count). The molecule has 3 heteroatoms. The molecule has 0 spiro atoms. The van der Waals surface area contributed by atoms with Gasteiger partial charge >= 0.3 is 0 Å². The summed E-state index contributed by atoms with van der Waals surface area (Å²) < 4.78 is 4.29. The SMILES string of the molecule is C[n+]1ccn(CC2C[CH]CN2)c1. The van der Waals surface area contributed by atoms with Crippen molar-refractivity contribution in [1.82, 2.24) is 9.88 Å². The number of nitrogens with one attached hydrogen (secondary N) is 1. The van der Waals surface area contributed by atoms with E-state index in [2.05, 4.69) is 39.6 Å². The predicted octanol–water partition coefficient (Wildman–Crippen LogP) is -0.121. The summed E-state index contributed by atoms with van der Waals surface area (Å²) in [4.78, 5) is 0. The molecule has 1 saturated heterocycles. The number of aromatic nitrogens is 2. The van der Waals surface area contributed by atoms with Crippen LogP contribution in [0.5, 0.6) is 0 Å². The maximum atomic E-state index is 3.43. The zero-order chi connectivity index (χ0) is 8.39. The molecule has 65 valence electrons. The van der Waals surface area contributed by atoms with Gasteiger partial charge in [0.15, 0.2) is 0 Å². The van der Waals surface area contributed by atoms with E-state index in [0.29, 0.717) is 6.04 Å². The Morgan fingerprint density at radius 3 is 3.17 bits per heavy atom. The molecule has 1 N–H and O–H groups in total. The van der Waals surface area contributed by atoms with E-state index in [4.69, 9.17) is 0 Å². The molecule has 3 nitrogen and oxygen atoms in total. The molecular weight excluding hydrogens is 150 g/mol. The van der Waals surface area contributed by atoms with Crippen molar-refractivity contribution in [3.63, 3.8) is 0 Å². The molecule has 0 saturated carbocycles. The average Bonchev–Trinajstić information content (AvgIpc) is 2.63. The summed E-state index contributed by atoms with van der Waals surface area (Å²) in [6.07, 6.45) is 9.79. The molecule has 1 fully saturated rings. The van der Waals surface area contributed by atoms with Gasteiger partial charge in [0.2, 0.25) is 6.33 Å². The second kappa shape index (κ2) is 3.27. The largest absolute Gasteiger partial charge is 0.310 e. The molecule has 1 aliphatic rings. The van der Waals surface area contributed by atoms with Gasteiger partial charge in [-0.05, 0) is 19.4 Å². The number of aryl methyl sites for hydroxylation is 1. The number of hydrogen-bond acceptors (Lipinski definition) is 1. The van der Waals surface area contributed by atoms with E-state index in [-0.39, 0.29) is 0 Å². The minimum atomic E-state index is 0.636. The summed E-state index contributed by atoms with van der Waals surface area (Å²) in [6.45, 7) is 2.15. The van der Waals surface area contributed by atoms with Crippen molar-refractivity contribution in [2.75, 3.05) is 6.54 Å². The Balaban J connectivity index is 1.94. The Bertz CT molecular complexity index is 248. The Morgan fingerprint density at radius 2 is 2.58 bits per heavy atom. The minimum absolute atomic E-state index is 0.636. The molecule has 12 heavy (non-hydrogen) atoms. The van der Waals surface area contributed by atoms with Crippen LogP contribution in [0.1, 0.15) is 6.42 Å². The highest BCUT2D eigenvalue weighted by molar-refractivity contribution is 4.87. The second-order valence-corrected chi connectivity index (χ2v) is 3.41. The first-order chi connectivity index (χ1) is 5.84. The van der Waals surface area contributed by atoms with E-state index in [1.54, 1.807) is 0 Å². The fourth-order valence-electron chi connectivity index (χ4n) is 1.62. The quantitative estimate of drug-likeness (QED) is 0.606. The van der Waals surface area contributed by atoms with E-state index in [9.17, 15) is 0 Å². The van der Waals surface area contributed by atoms with Gasteiger partial charge in [0.25, 0.3) is 0 Å². The Morgan fingerprint density at radius 1 is 1.67 bits per heavy atom. The smallest absolute Gasteiger partial charge is 0.243 e. The molecule has 0 bridgehead atoms. The van der Waals surface area contributed by atoms with Crippen molar-refractivity contribution in [3.8, 4) is 0 Å². The summed E-state index contributed by atoms with van der Waals surface area (Å²) in [6, 6.07) is 0.636. The Kier molecular flexibility index (Phi) is 2.13. The third-order valence-electron chi connectivity index (χ3n) is 2.26. The van der Waals surface area contributed by atoms with Crippen LogP contribution in [-0.2, 0) is 13.6 Å². The summed E-state index contributed by atoms with van der Waals surface area (Å²) in [5.41, 5.74) is 0. The van der Waals surface area contributed by atoms with Crippen LogP contribution in [0.15, 0.2) is 18.7 Å². The van der Waals surface area contributed by atoms with Crippen LogP contribution in [-0.4, -0.2) is 17.2 Å². The summed E-state index contributed by atoms with van der Waals surface area (Å²) in [5.74, 6) is 0. The first kappa shape index (κ1) is 7.80. The lowest BCUT2D eigenvalue weighted by atomic mass is 10.2. The second-order valence-electron chi connectivity index (χ2n) is 3.41. The standard InChI is InChI=1S/C9H15N3/c1-11-5-6-12(8-11)7-9-3-2-4-10-9/h2,5-6,8-10H,3-4,7H2,1H3/q+1. The number of imidazole rings is 1. The third-order valence-corrected chi connectivity index (χ3v) is 2.26. The highest BCUT2D eigenvalue weighted by Crippen LogP contribution is 2.05. The maximum Gasteiger partial charge on any atom is 0.243 e. The maximum absolute atomic E-state index is 3.43. The van der Waals surface area contributed by atoms with Crippen molar-refractivity contribution in [2.45, 2.75) is 19.0 Å². The molecule has 0 aliphatic carbocycles. The van der Waals surface area contributed by atoms with Gasteiger partial charge in [-0.2, -0.15) is 0 Å². The summed E-state index contributed by atoms with van der Waals surface area (Å²) in [5, 5.41) is 3.43. The van der Waals surface area contributed by atoms with Crippen LogP contribution in [0.3, 0.4) is 0 Å². The van der Waals surface area contributed by atoms with Gasteiger partial charge in [0, 0.05) is 6.04 Å². The first-order valence-corrected chi connectivity index (χ1v) is 4.40. The molecule has 1 aromatic heterocycles. The highest BCUT2D eigenvalue weighted by Gasteiger charge is 2.16. The molecule has 0 aromatic carbocycles. The first-order valence-electron chi connectivity index (χ1n) is 4.40. The lowest BCUT2D eigenvalue weighted by Gasteiger charge is -2.05. The molecule has 1 aromatic rings. The van der Waals surface area contributed by atoms with Crippen LogP contribution in [0.2, 0.25) is 0 Å².